The van der Waals surface area contributed by atoms with Gasteiger partial charge in [0.25, 0.3) is 0 Å². The van der Waals surface area contributed by atoms with Crippen LogP contribution in [0, 0.1) is 5.82 Å². The summed E-state index contributed by atoms with van der Waals surface area (Å²) in [5.74, 6) is -0.368. The second kappa shape index (κ2) is 4.19. The second-order valence-corrected chi connectivity index (χ2v) is 3.88. The maximum atomic E-state index is 13.2. The maximum absolute atomic E-state index is 13.2. The molecular formula is C13H10FN3O. The predicted molar refractivity (Wildman–Crippen MR) is 64.3 cm³/mol. The van der Waals surface area contributed by atoms with Crippen LogP contribution in [-0.4, -0.2) is 19.5 Å². The van der Waals surface area contributed by atoms with E-state index in [9.17, 15) is 9.50 Å². The van der Waals surface area contributed by atoms with Crippen molar-refractivity contribution in [1.29, 1.82) is 0 Å². The van der Waals surface area contributed by atoms with Gasteiger partial charge in [-0.1, -0.05) is 0 Å². The molecule has 0 bridgehead atoms. The van der Waals surface area contributed by atoms with E-state index in [2.05, 4.69) is 9.97 Å². The topological polar surface area (TPSA) is 50.4 Å². The number of hydrogen-bond acceptors (Lipinski definition) is 3. The van der Waals surface area contributed by atoms with Gasteiger partial charge in [-0.05, 0) is 24.3 Å². The molecule has 0 unspecified atom stereocenters. The summed E-state index contributed by atoms with van der Waals surface area (Å²) in [5.41, 5.74) is 2.57. The van der Waals surface area contributed by atoms with E-state index in [1.165, 1.54) is 12.3 Å². The summed E-state index contributed by atoms with van der Waals surface area (Å²) in [5, 5.41) is 9.45. The van der Waals surface area contributed by atoms with Crippen molar-refractivity contribution < 1.29 is 9.50 Å². The molecule has 0 saturated heterocycles. The highest BCUT2D eigenvalue weighted by Gasteiger charge is 2.13. The quantitative estimate of drug-likeness (QED) is 0.749. The van der Waals surface area contributed by atoms with E-state index in [-0.39, 0.29) is 12.4 Å². The van der Waals surface area contributed by atoms with Crippen molar-refractivity contribution in [3.63, 3.8) is 0 Å². The molecule has 0 saturated carbocycles. The van der Waals surface area contributed by atoms with Crippen LogP contribution in [0.4, 0.5) is 4.39 Å². The van der Waals surface area contributed by atoms with Crippen LogP contribution in [0.5, 0.6) is 0 Å². The molecule has 0 amide bonds. The highest BCUT2D eigenvalue weighted by molar-refractivity contribution is 5.65. The minimum Gasteiger partial charge on any atom is -0.390 e. The lowest BCUT2D eigenvalue weighted by Gasteiger charge is -2.01. The maximum Gasteiger partial charge on any atom is 0.139 e. The highest BCUT2D eigenvalue weighted by Crippen LogP contribution is 2.23. The molecule has 3 rings (SSSR count). The molecule has 0 atom stereocenters. The molecule has 0 aliphatic heterocycles. The van der Waals surface area contributed by atoms with E-state index in [1.807, 2.05) is 6.07 Å². The van der Waals surface area contributed by atoms with Crippen LogP contribution in [0.15, 0.2) is 42.9 Å². The summed E-state index contributed by atoms with van der Waals surface area (Å²) >= 11 is 0. The number of pyridine rings is 2. The van der Waals surface area contributed by atoms with Gasteiger partial charge in [0.05, 0.1) is 18.0 Å². The largest absolute Gasteiger partial charge is 0.390 e. The first-order valence-corrected chi connectivity index (χ1v) is 5.47. The normalized spacial score (nSPS) is 11.0. The molecule has 4 nitrogen and oxygen atoms in total. The lowest BCUT2D eigenvalue weighted by molar-refractivity contribution is 0.276. The van der Waals surface area contributed by atoms with Gasteiger partial charge in [0, 0.05) is 24.2 Å². The Morgan fingerprint density at radius 1 is 1.28 bits per heavy atom. The van der Waals surface area contributed by atoms with Crippen LogP contribution in [0.2, 0.25) is 0 Å². The van der Waals surface area contributed by atoms with E-state index in [4.69, 9.17) is 0 Å². The van der Waals surface area contributed by atoms with Gasteiger partial charge in [-0.3, -0.25) is 9.38 Å². The Hall–Kier alpha value is -2.27. The standard InChI is InChI=1S/C13H10FN3O/c14-10-3-4-12-16-13(9-2-1-5-15-6-9)11(8-18)17(12)7-10/h1-7,18H,8H2. The molecule has 3 aromatic heterocycles. The summed E-state index contributed by atoms with van der Waals surface area (Å²) in [7, 11) is 0. The van der Waals surface area contributed by atoms with Crippen LogP contribution >= 0.6 is 0 Å². The smallest absolute Gasteiger partial charge is 0.139 e. The molecule has 0 fully saturated rings. The van der Waals surface area contributed by atoms with Crippen LogP contribution in [-0.2, 0) is 6.61 Å². The molecule has 3 aromatic rings. The third-order valence-corrected chi connectivity index (χ3v) is 2.77. The molecule has 18 heavy (non-hydrogen) atoms. The van der Waals surface area contributed by atoms with Gasteiger partial charge in [0.2, 0.25) is 0 Å². The number of halogens is 1. The van der Waals surface area contributed by atoms with Gasteiger partial charge >= 0.3 is 0 Å². The van der Waals surface area contributed by atoms with E-state index >= 15 is 0 Å². The molecule has 0 aliphatic carbocycles. The minimum absolute atomic E-state index is 0.213. The molecule has 90 valence electrons. The number of nitrogens with zero attached hydrogens (tertiary/aromatic N) is 3. The first kappa shape index (κ1) is 10.9. The fraction of sp³-hybridized carbons (Fsp3) is 0.0769. The third kappa shape index (κ3) is 1.65. The number of rotatable bonds is 2. The zero-order valence-electron chi connectivity index (χ0n) is 9.42. The minimum atomic E-state index is -0.368. The van der Waals surface area contributed by atoms with Crippen molar-refractivity contribution in [3.8, 4) is 11.3 Å². The van der Waals surface area contributed by atoms with Crippen molar-refractivity contribution in [2.45, 2.75) is 6.61 Å². The van der Waals surface area contributed by atoms with E-state index in [1.54, 1.807) is 28.9 Å². The van der Waals surface area contributed by atoms with Gasteiger partial charge in [-0.15, -0.1) is 0 Å². The molecule has 0 spiro atoms. The highest BCUT2D eigenvalue weighted by atomic mass is 19.1. The van der Waals surface area contributed by atoms with Gasteiger partial charge < -0.3 is 5.11 Å². The van der Waals surface area contributed by atoms with Gasteiger partial charge in [-0.25, -0.2) is 9.37 Å². The fourth-order valence-electron chi connectivity index (χ4n) is 1.95. The Morgan fingerprint density at radius 3 is 2.89 bits per heavy atom. The van der Waals surface area contributed by atoms with Crippen molar-refractivity contribution in [1.82, 2.24) is 14.4 Å². The Morgan fingerprint density at radius 2 is 2.17 bits per heavy atom. The number of hydrogen-bond donors (Lipinski definition) is 1. The van der Waals surface area contributed by atoms with E-state index in [0.717, 1.165) is 5.56 Å². The van der Waals surface area contributed by atoms with Crippen LogP contribution in [0.3, 0.4) is 0 Å². The summed E-state index contributed by atoms with van der Waals surface area (Å²) in [6, 6.07) is 6.57. The molecule has 5 heteroatoms. The summed E-state index contributed by atoms with van der Waals surface area (Å²) < 4.78 is 14.8. The first-order valence-electron chi connectivity index (χ1n) is 5.47. The van der Waals surface area contributed by atoms with Crippen LogP contribution < -0.4 is 0 Å². The summed E-state index contributed by atoms with van der Waals surface area (Å²) in [4.78, 5) is 8.41. The predicted octanol–water partition coefficient (Wildman–Crippen LogP) is 2.03. The number of aromatic nitrogens is 3. The molecule has 3 heterocycles. The number of aliphatic hydroxyl groups excluding tert-OH is 1. The molecular weight excluding hydrogens is 233 g/mol. The Labute approximate surface area is 102 Å². The van der Waals surface area contributed by atoms with Crippen molar-refractivity contribution in [2.24, 2.45) is 0 Å². The average Bonchev–Trinajstić information content (AvgIpc) is 2.77. The lowest BCUT2D eigenvalue weighted by atomic mass is 10.2. The fourth-order valence-corrected chi connectivity index (χ4v) is 1.95. The second-order valence-electron chi connectivity index (χ2n) is 3.88. The number of aliphatic hydroxyl groups is 1. The number of imidazole rings is 1. The van der Waals surface area contributed by atoms with Crippen molar-refractivity contribution in [2.75, 3.05) is 0 Å². The molecule has 0 aromatic carbocycles. The van der Waals surface area contributed by atoms with Gasteiger partial charge in [0.15, 0.2) is 0 Å². The molecule has 0 aliphatic rings. The van der Waals surface area contributed by atoms with Gasteiger partial charge in [-0.2, -0.15) is 0 Å². The zero-order chi connectivity index (χ0) is 12.5. The zero-order valence-corrected chi connectivity index (χ0v) is 9.42. The van der Waals surface area contributed by atoms with E-state index < -0.39 is 0 Å². The summed E-state index contributed by atoms with van der Waals surface area (Å²) in [6.07, 6.45) is 4.64. The monoisotopic (exact) mass is 243 g/mol. The molecule has 0 radical (unpaired) electrons. The van der Waals surface area contributed by atoms with Crippen molar-refractivity contribution >= 4 is 5.65 Å². The van der Waals surface area contributed by atoms with Crippen molar-refractivity contribution in [3.05, 3.63) is 54.4 Å². The Balaban J connectivity index is 2.30. The summed E-state index contributed by atoms with van der Waals surface area (Å²) in [6.45, 7) is -0.213. The average molecular weight is 243 g/mol. The lowest BCUT2D eigenvalue weighted by Crippen LogP contribution is -1.95. The number of fused-ring (bicyclic) bond motifs is 1. The molecule has 1 N–H and O–H groups in total. The Kier molecular flexibility index (Phi) is 2.53. The SMILES string of the molecule is OCc1c(-c2cccnc2)nc2ccc(F)cn12. The third-order valence-electron chi connectivity index (χ3n) is 2.77. The van der Waals surface area contributed by atoms with Crippen LogP contribution in [0.25, 0.3) is 16.9 Å². The first-order chi connectivity index (χ1) is 8.79. The van der Waals surface area contributed by atoms with Gasteiger partial charge in [0.1, 0.15) is 11.5 Å². The Bertz CT molecular complexity index is 694. The van der Waals surface area contributed by atoms with Crippen LogP contribution in [0.1, 0.15) is 5.69 Å². The van der Waals surface area contributed by atoms with E-state index in [0.29, 0.717) is 17.0 Å².